The molecule has 3 rings (SSSR count). The van der Waals surface area contributed by atoms with Gasteiger partial charge in [-0.15, -0.1) is 0 Å². The molecule has 0 atom stereocenters. The van der Waals surface area contributed by atoms with Gasteiger partial charge in [0.1, 0.15) is 0 Å². The van der Waals surface area contributed by atoms with Crippen molar-refractivity contribution in [3.8, 4) is 0 Å². The highest BCUT2D eigenvalue weighted by atomic mass is 16.1. The van der Waals surface area contributed by atoms with E-state index in [1.54, 1.807) is 18.3 Å². The van der Waals surface area contributed by atoms with Crippen LogP contribution < -0.4 is 5.43 Å². The topological polar surface area (TPSA) is 29.4 Å². The highest BCUT2D eigenvalue weighted by Gasteiger charge is 2.09. The molecule has 0 radical (unpaired) electrons. The van der Waals surface area contributed by atoms with Gasteiger partial charge >= 0.3 is 0 Å². The number of hydrogen-bond acceptors (Lipinski definition) is 2. The minimum atomic E-state index is 0.0543. The Kier molecular flexibility index (Phi) is 1.34. The summed E-state index contributed by atoms with van der Waals surface area (Å²) in [5.41, 5.74) is 1.97. The Labute approximate surface area is 80.5 Å². The Hall–Kier alpha value is -1.96. The lowest BCUT2D eigenvalue weighted by Crippen LogP contribution is -1.94. The maximum absolute atomic E-state index is 11.7. The molecule has 1 heterocycles. The van der Waals surface area contributed by atoms with E-state index in [9.17, 15) is 4.79 Å². The lowest BCUT2D eigenvalue weighted by molar-refractivity contribution is 1.64. The molecule has 0 N–H and O–H groups in total. The summed E-state index contributed by atoms with van der Waals surface area (Å²) in [5.74, 6) is 0. The molecular formula is C12H7NO. The van der Waals surface area contributed by atoms with E-state index in [1.807, 2.05) is 24.3 Å². The van der Waals surface area contributed by atoms with Gasteiger partial charge in [0.25, 0.3) is 0 Å². The summed E-state index contributed by atoms with van der Waals surface area (Å²) in [6, 6.07) is 10.9. The lowest BCUT2D eigenvalue weighted by atomic mass is 10.1. The molecule has 0 aromatic heterocycles. The van der Waals surface area contributed by atoms with Crippen LogP contribution in [0.15, 0.2) is 46.2 Å². The van der Waals surface area contributed by atoms with E-state index in [2.05, 4.69) is 4.99 Å². The first-order chi connectivity index (χ1) is 6.86. The van der Waals surface area contributed by atoms with Crippen molar-refractivity contribution in [1.82, 2.24) is 0 Å². The molecule has 0 amide bonds. The van der Waals surface area contributed by atoms with E-state index in [-0.39, 0.29) is 5.43 Å². The van der Waals surface area contributed by atoms with E-state index in [0.29, 0.717) is 0 Å². The fourth-order valence-electron chi connectivity index (χ4n) is 1.82. The number of aliphatic imine (C=N–C) groups is 1. The van der Waals surface area contributed by atoms with Crippen molar-refractivity contribution in [1.29, 1.82) is 0 Å². The summed E-state index contributed by atoms with van der Waals surface area (Å²) < 4.78 is 0. The van der Waals surface area contributed by atoms with E-state index in [4.69, 9.17) is 0 Å². The standard InChI is InChI=1S/C12H7NO/c14-11-6-2-5-10-12-8(7-13-10)3-1-4-9(11)12/h1-7H. The van der Waals surface area contributed by atoms with E-state index in [1.165, 1.54) is 0 Å². The number of nitrogens with zero attached hydrogens (tertiary/aromatic N) is 1. The van der Waals surface area contributed by atoms with Crippen LogP contribution in [0.25, 0.3) is 10.8 Å². The third kappa shape index (κ3) is 0.852. The lowest BCUT2D eigenvalue weighted by Gasteiger charge is -1.93. The average Bonchev–Trinajstić information content (AvgIpc) is 2.53. The summed E-state index contributed by atoms with van der Waals surface area (Å²) in [4.78, 5) is 15.9. The van der Waals surface area contributed by atoms with Crippen molar-refractivity contribution in [3.05, 3.63) is 52.2 Å². The summed E-state index contributed by atoms with van der Waals surface area (Å²) in [6.07, 6.45) is 1.80. The predicted octanol–water partition coefficient (Wildman–Crippen LogP) is 2.26. The van der Waals surface area contributed by atoms with Crippen LogP contribution in [0.1, 0.15) is 5.56 Å². The molecule has 0 fully saturated rings. The number of hydrogen-bond donors (Lipinski definition) is 0. The molecule has 1 aliphatic heterocycles. The molecule has 0 saturated carbocycles. The van der Waals surface area contributed by atoms with Gasteiger partial charge in [0.05, 0.1) is 5.69 Å². The van der Waals surface area contributed by atoms with Crippen LogP contribution in [-0.2, 0) is 0 Å². The van der Waals surface area contributed by atoms with Crippen molar-refractivity contribution in [2.45, 2.75) is 0 Å². The first-order valence-electron chi connectivity index (χ1n) is 4.46. The Morgan fingerprint density at radius 1 is 1.00 bits per heavy atom. The molecule has 2 aromatic rings. The summed E-state index contributed by atoms with van der Waals surface area (Å²) in [6.45, 7) is 0. The largest absolute Gasteiger partial charge is 0.289 e. The third-order valence-corrected chi connectivity index (χ3v) is 2.46. The van der Waals surface area contributed by atoms with Gasteiger partial charge in [-0.25, -0.2) is 0 Å². The molecule has 1 aliphatic rings. The highest BCUT2D eigenvalue weighted by Crippen LogP contribution is 2.29. The van der Waals surface area contributed by atoms with E-state index in [0.717, 1.165) is 22.0 Å². The fourth-order valence-corrected chi connectivity index (χ4v) is 1.82. The SMILES string of the molecule is O=c1cccc2c3c(cccc13)C=N2. The summed E-state index contributed by atoms with van der Waals surface area (Å²) >= 11 is 0. The number of benzene rings is 1. The smallest absolute Gasteiger partial charge is 0.186 e. The number of rotatable bonds is 0. The minimum absolute atomic E-state index is 0.0543. The molecule has 0 bridgehead atoms. The van der Waals surface area contributed by atoms with Gasteiger partial charge in [-0.3, -0.25) is 9.79 Å². The second-order valence-corrected chi connectivity index (χ2v) is 3.30. The van der Waals surface area contributed by atoms with Gasteiger partial charge < -0.3 is 0 Å². The van der Waals surface area contributed by atoms with Crippen molar-refractivity contribution >= 4 is 22.7 Å². The monoisotopic (exact) mass is 181 g/mol. The Morgan fingerprint density at radius 3 is 2.79 bits per heavy atom. The van der Waals surface area contributed by atoms with Gasteiger partial charge in [0.15, 0.2) is 5.43 Å². The zero-order valence-electron chi connectivity index (χ0n) is 7.40. The van der Waals surface area contributed by atoms with Crippen molar-refractivity contribution in [2.75, 3.05) is 0 Å². The maximum Gasteiger partial charge on any atom is 0.186 e. The highest BCUT2D eigenvalue weighted by molar-refractivity contribution is 6.10. The zero-order valence-corrected chi connectivity index (χ0v) is 7.40. The van der Waals surface area contributed by atoms with Gasteiger partial charge in [-0.1, -0.05) is 24.3 Å². The summed E-state index contributed by atoms with van der Waals surface area (Å²) in [5, 5.41) is 1.72. The van der Waals surface area contributed by atoms with Crippen molar-refractivity contribution < 1.29 is 0 Å². The normalized spacial score (nSPS) is 12.3. The molecule has 0 aliphatic carbocycles. The molecule has 14 heavy (non-hydrogen) atoms. The van der Waals surface area contributed by atoms with E-state index >= 15 is 0 Å². The third-order valence-electron chi connectivity index (χ3n) is 2.46. The quantitative estimate of drug-likeness (QED) is 0.523. The zero-order chi connectivity index (χ0) is 9.54. The molecule has 2 aromatic carbocycles. The van der Waals surface area contributed by atoms with Gasteiger partial charge in [0, 0.05) is 22.6 Å². The van der Waals surface area contributed by atoms with Crippen LogP contribution in [0.3, 0.4) is 0 Å². The second-order valence-electron chi connectivity index (χ2n) is 3.30. The van der Waals surface area contributed by atoms with Crippen LogP contribution in [0.5, 0.6) is 0 Å². The van der Waals surface area contributed by atoms with Crippen LogP contribution in [-0.4, -0.2) is 6.21 Å². The molecule has 2 nitrogen and oxygen atoms in total. The Balaban J connectivity index is 2.72. The molecule has 0 spiro atoms. The average molecular weight is 181 g/mol. The molecule has 0 saturated heterocycles. The van der Waals surface area contributed by atoms with Crippen LogP contribution in [0.2, 0.25) is 0 Å². The van der Waals surface area contributed by atoms with Crippen LogP contribution >= 0.6 is 0 Å². The van der Waals surface area contributed by atoms with Crippen molar-refractivity contribution in [2.24, 2.45) is 4.99 Å². The Morgan fingerprint density at radius 2 is 1.86 bits per heavy atom. The maximum atomic E-state index is 11.7. The van der Waals surface area contributed by atoms with Gasteiger partial charge in [0.2, 0.25) is 0 Å². The van der Waals surface area contributed by atoms with E-state index < -0.39 is 0 Å². The van der Waals surface area contributed by atoms with Crippen LogP contribution in [0.4, 0.5) is 5.69 Å². The van der Waals surface area contributed by atoms with Crippen molar-refractivity contribution in [3.63, 3.8) is 0 Å². The predicted molar refractivity (Wildman–Crippen MR) is 57.5 cm³/mol. The molecule has 66 valence electrons. The first-order valence-corrected chi connectivity index (χ1v) is 4.46. The fraction of sp³-hybridized carbons (Fsp3) is 0. The minimum Gasteiger partial charge on any atom is -0.289 e. The molecular weight excluding hydrogens is 174 g/mol. The van der Waals surface area contributed by atoms with Gasteiger partial charge in [-0.2, -0.15) is 0 Å². The van der Waals surface area contributed by atoms with Crippen LogP contribution in [0, 0.1) is 0 Å². The van der Waals surface area contributed by atoms with Gasteiger partial charge in [-0.05, 0) is 12.1 Å². The first kappa shape index (κ1) is 7.44. The second kappa shape index (κ2) is 2.51. The summed E-state index contributed by atoms with van der Waals surface area (Å²) in [7, 11) is 0. The Bertz CT molecular complexity index is 614. The molecule has 0 unspecified atom stereocenters. The molecule has 2 heteroatoms.